The number of para-hydroxylation sites is 2. The summed E-state index contributed by atoms with van der Waals surface area (Å²) in [6, 6.07) is 13.3. The molecule has 2 rings (SSSR count). The smallest absolute Gasteiger partial charge is 0.143 e. The lowest BCUT2D eigenvalue weighted by molar-refractivity contribution is 0.416. The van der Waals surface area contributed by atoms with E-state index < -0.39 is 0 Å². The van der Waals surface area contributed by atoms with E-state index in [1.54, 1.807) is 20.3 Å². The molecule has 2 aromatic carbocycles. The Hall–Kier alpha value is -2.36. The number of nitrogen functional groups attached to an aromatic ring is 1. The van der Waals surface area contributed by atoms with E-state index in [1.807, 2.05) is 36.4 Å². The zero-order valence-electron chi connectivity index (χ0n) is 10.4. The van der Waals surface area contributed by atoms with Crippen LogP contribution in [0.2, 0.25) is 0 Å². The van der Waals surface area contributed by atoms with Gasteiger partial charge in [0.2, 0.25) is 0 Å². The zero-order valence-corrected chi connectivity index (χ0v) is 10.4. The monoisotopic (exact) mass is 244 g/mol. The summed E-state index contributed by atoms with van der Waals surface area (Å²) in [7, 11) is 3.24. The van der Waals surface area contributed by atoms with Gasteiger partial charge in [0, 0.05) is 11.8 Å². The highest BCUT2D eigenvalue weighted by Crippen LogP contribution is 2.30. The van der Waals surface area contributed by atoms with Gasteiger partial charge in [-0.15, -0.1) is 0 Å². The molecule has 0 fully saturated rings. The van der Waals surface area contributed by atoms with Crippen LogP contribution in [0.1, 0.15) is 0 Å². The van der Waals surface area contributed by atoms with Crippen LogP contribution in [0.3, 0.4) is 0 Å². The number of nitrogens with one attached hydrogen (secondary N) is 1. The molecule has 0 radical (unpaired) electrons. The van der Waals surface area contributed by atoms with Crippen molar-refractivity contribution in [1.29, 1.82) is 0 Å². The third kappa shape index (κ3) is 2.48. The number of ether oxygens (including phenoxy) is 2. The molecule has 0 heterocycles. The number of benzene rings is 2. The van der Waals surface area contributed by atoms with Crippen LogP contribution >= 0.6 is 0 Å². The molecular weight excluding hydrogens is 228 g/mol. The standard InChI is InChI=1S/C14H16N2O2/c1-17-13-6-4-3-5-12(13)16-10-7-8-11(15)14(9-10)18-2/h3-9,16H,15H2,1-2H3. The Morgan fingerprint density at radius 1 is 0.944 bits per heavy atom. The van der Waals surface area contributed by atoms with Crippen LogP contribution in [-0.2, 0) is 0 Å². The van der Waals surface area contributed by atoms with Gasteiger partial charge in [-0.25, -0.2) is 0 Å². The van der Waals surface area contributed by atoms with Crippen molar-refractivity contribution < 1.29 is 9.47 Å². The van der Waals surface area contributed by atoms with Crippen molar-refractivity contribution in [2.24, 2.45) is 0 Å². The van der Waals surface area contributed by atoms with Crippen molar-refractivity contribution in [2.45, 2.75) is 0 Å². The fourth-order valence-corrected chi connectivity index (χ4v) is 1.69. The zero-order chi connectivity index (χ0) is 13.0. The van der Waals surface area contributed by atoms with Gasteiger partial charge in [0.1, 0.15) is 11.5 Å². The molecule has 0 aliphatic carbocycles. The number of hydrogen-bond acceptors (Lipinski definition) is 4. The number of rotatable bonds is 4. The maximum absolute atomic E-state index is 5.77. The summed E-state index contributed by atoms with van der Waals surface area (Å²) in [6.07, 6.45) is 0. The normalized spacial score (nSPS) is 9.89. The molecule has 18 heavy (non-hydrogen) atoms. The van der Waals surface area contributed by atoms with E-state index >= 15 is 0 Å². The van der Waals surface area contributed by atoms with Crippen LogP contribution in [-0.4, -0.2) is 14.2 Å². The summed E-state index contributed by atoms with van der Waals surface area (Å²) in [5.74, 6) is 1.43. The molecule has 0 saturated carbocycles. The summed E-state index contributed by atoms with van der Waals surface area (Å²) in [5.41, 5.74) is 8.18. The average Bonchev–Trinajstić information content (AvgIpc) is 2.41. The molecule has 0 aliphatic rings. The summed E-state index contributed by atoms with van der Waals surface area (Å²) in [6.45, 7) is 0. The first-order valence-corrected chi connectivity index (χ1v) is 5.58. The molecule has 0 atom stereocenters. The molecular formula is C14H16N2O2. The second-order valence-electron chi connectivity index (χ2n) is 3.78. The van der Waals surface area contributed by atoms with Gasteiger partial charge < -0.3 is 20.5 Å². The number of nitrogens with two attached hydrogens (primary N) is 1. The Kier molecular flexibility index (Phi) is 3.57. The Morgan fingerprint density at radius 2 is 1.67 bits per heavy atom. The fourth-order valence-electron chi connectivity index (χ4n) is 1.69. The molecule has 0 aliphatic heterocycles. The lowest BCUT2D eigenvalue weighted by Crippen LogP contribution is -1.97. The summed E-state index contributed by atoms with van der Waals surface area (Å²) >= 11 is 0. The van der Waals surface area contributed by atoms with Gasteiger partial charge >= 0.3 is 0 Å². The predicted octanol–water partition coefficient (Wildman–Crippen LogP) is 3.03. The molecule has 3 N–H and O–H groups in total. The van der Waals surface area contributed by atoms with Crippen molar-refractivity contribution in [1.82, 2.24) is 0 Å². The molecule has 4 heteroatoms. The highest BCUT2D eigenvalue weighted by Gasteiger charge is 2.04. The second kappa shape index (κ2) is 5.31. The maximum Gasteiger partial charge on any atom is 0.143 e. The van der Waals surface area contributed by atoms with Crippen molar-refractivity contribution in [2.75, 3.05) is 25.3 Å². The maximum atomic E-state index is 5.77. The third-order valence-corrected chi connectivity index (χ3v) is 2.62. The van der Waals surface area contributed by atoms with Gasteiger partial charge in [0.15, 0.2) is 0 Å². The van der Waals surface area contributed by atoms with Crippen molar-refractivity contribution >= 4 is 17.1 Å². The highest BCUT2D eigenvalue weighted by atomic mass is 16.5. The molecule has 0 saturated heterocycles. The van der Waals surface area contributed by atoms with Crippen molar-refractivity contribution in [3.8, 4) is 11.5 Å². The lowest BCUT2D eigenvalue weighted by Gasteiger charge is -2.12. The number of anilines is 3. The highest BCUT2D eigenvalue weighted by molar-refractivity contribution is 5.70. The minimum Gasteiger partial charge on any atom is -0.495 e. The average molecular weight is 244 g/mol. The van der Waals surface area contributed by atoms with E-state index in [2.05, 4.69) is 5.32 Å². The second-order valence-corrected chi connectivity index (χ2v) is 3.78. The first-order chi connectivity index (χ1) is 8.74. The van der Waals surface area contributed by atoms with Crippen LogP contribution in [0, 0.1) is 0 Å². The summed E-state index contributed by atoms with van der Waals surface area (Å²) < 4.78 is 10.5. The predicted molar refractivity (Wildman–Crippen MR) is 73.7 cm³/mol. The third-order valence-electron chi connectivity index (χ3n) is 2.62. The van der Waals surface area contributed by atoms with E-state index in [0.29, 0.717) is 11.4 Å². The minimum atomic E-state index is 0.614. The Balaban J connectivity index is 2.28. The van der Waals surface area contributed by atoms with Crippen molar-refractivity contribution in [3.63, 3.8) is 0 Å². The molecule has 0 unspecified atom stereocenters. The first kappa shape index (κ1) is 12.1. The molecule has 2 aromatic rings. The van der Waals surface area contributed by atoms with Crippen LogP contribution in [0.15, 0.2) is 42.5 Å². The molecule has 4 nitrogen and oxygen atoms in total. The van der Waals surface area contributed by atoms with Crippen LogP contribution in [0.5, 0.6) is 11.5 Å². The Labute approximate surface area is 106 Å². The van der Waals surface area contributed by atoms with Crippen LogP contribution < -0.4 is 20.5 Å². The fraction of sp³-hybridized carbons (Fsp3) is 0.143. The van der Waals surface area contributed by atoms with Crippen LogP contribution in [0.25, 0.3) is 0 Å². The van der Waals surface area contributed by atoms with E-state index in [4.69, 9.17) is 15.2 Å². The lowest BCUT2D eigenvalue weighted by atomic mass is 10.2. The first-order valence-electron chi connectivity index (χ1n) is 5.58. The van der Waals surface area contributed by atoms with E-state index in [0.717, 1.165) is 17.1 Å². The summed E-state index contributed by atoms with van der Waals surface area (Å²) in [5, 5.41) is 3.26. The topological polar surface area (TPSA) is 56.5 Å². The van der Waals surface area contributed by atoms with E-state index in [1.165, 1.54) is 0 Å². The summed E-state index contributed by atoms with van der Waals surface area (Å²) in [4.78, 5) is 0. The molecule has 0 bridgehead atoms. The quantitative estimate of drug-likeness (QED) is 0.812. The minimum absolute atomic E-state index is 0.614. The largest absolute Gasteiger partial charge is 0.495 e. The van der Waals surface area contributed by atoms with Gasteiger partial charge in [0.05, 0.1) is 25.6 Å². The molecule has 0 spiro atoms. The van der Waals surface area contributed by atoms with Gasteiger partial charge in [-0.2, -0.15) is 0 Å². The molecule has 94 valence electrons. The van der Waals surface area contributed by atoms with Crippen molar-refractivity contribution in [3.05, 3.63) is 42.5 Å². The Bertz CT molecular complexity index is 541. The SMILES string of the molecule is COc1cc(Nc2ccccc2OC)ccc1N. The van der Waals surface area contributed by atoms with Gasteiger partial charge in [0.25, 0.3) is 0 Å². The molecule has 0 amide bonds. The van der Waals surface area contributed by atoms with Gasteiger partial charge in [-0.05, 0) is 24.3 Å². The Morgan fingerprint density at radius 3 is 2.39 bits per heavy atom. The van der Waals surface area contributed by atoms with Gasteiger partial charge in [-0.3, -0.25) is 0 Å². The van der Waals surface area contributed by atoms with E-state index in [9.17, 15) is 0 Å². The number of methoxy groups -OCH3 is 2. The van der Waals surface area contributed by atoms with E-state index in [-0.39, 0.29) is 0 Å². The van der Waals surface area contributed by atoms with Gasteiger partial charge in [-0.1, -0.05) is 12.1 Å². The molecule has 0 aromatic heterocycles. The van der Waals surface area contributed by atoms with Crippen LogP contribution in [0.4, 0.5) is 17.1 Å². The number of hydrogen-bond donors (Lipinski definition) is 2.